The number of rotatable bonds is 8. The van der Waals surface area contributed by atoms with Gasteiger partial charge in [0.05, 0.1) is 24.4 Å². The fourth-order valence-corrected chi connectivity index (χ4v) is 4.38. The molecule has 1 N–H and O–H groups in total. The van der Waals surface area contributed by atoms with Crippen LogP contribution in [-0.4, -0.2) is 46.7 Å². The second-order valence-electron chi connectivity index (χ2n) is 8.03. The van der Waals surface area contributed by atoms with Crippen LogP contribution in [0.5, 0.6) is 0 Å². The van der Waals surface area contributed by atoms with Gasteiger partial charge in [0.1, 0.15) is 6.04 Å². The van der Waals surface area contributed by atoms with Crippen molar-refractivity contribution in [3.05, 3.63) is 52.1 Å². The molecule has 2 amide bonds. The van der Waals surface area contributed by atoms with Gasteiger partial charge < -0.3 is 19.5 Å². The van der Waals surface area contributed by atoms with E-state index in [1.807, 2.05) is 24.6 Å². The minimum absolute atomic E-state index is 0. The fourth-order valence-electron chi connectivity index (χ4n) is 3.55. The van der Waals surface area contributed by atoms with Gasteiger partial charge in [0.15, 0.2) is 0 Å². The molecule has 0 fully saturated rings. The van der Waals surface area contributed by atoms with Gasteiger partial charge in [-0.15, -0.1) is 11.3 Å². The van der Waals surface area contributed by atoms with E-state index in [-0.39, 0.29) is 7.46 Å². The fraction of sp³-hybridized carbons (Fsp3) is 0.435. The number of carbonyl (C=O) groups is 2. The number of urea groups is 1. The van der Waals surface area contributed by atoms with E-state index < -0.39 is 12.0 Å². The van der Waals surface area contributed by atoms with Crippen molar-refractivity contribution in [3.63, 3.8) is 0 Å². The van der Waals surface area contributed by atoms with Gasteiger partial charge in [0, 0.05) is 43.9 Å². The standard InChI is InChI=1S/C23H30N4O3S.H2/c1-15(2)21-24-17(14-31-21)13-27(4)23(29)25-19(22(28)30-5)11-10-16-12-26(3)20-9-7-6-8-18(16)20;/h6-9,12,14-15,19H,10-11,13H2,1-5H3,(H,25,29);1H/t19-;/m0./s1. The summed E-state index contributed by atoms with van der Waals surface area (Å²) in [5.74, 6) is -0.0894. The Hall–Kier alpha value is -2.87. The highest BCUT2D eigenvalue weighted by molar-refractivity contribution is 7.09. The zero-order valence-corrected chi connectivity index (χ0v) is 19.5. The average molecular weight is 445 g/mol. The molecule has 1 aromatic carbocycles. The largest absolute Gasteiger partial charge is 0.467 e. The number of aromatic nitrogens is 2. The molecule has 0 saturated heterocycles. The summed E-state index contributed by atoms with van der Waals surface area (Å²) in [6.07, 6.45) is 3.17. The molecule has 7 nitrogen and oxygen atoms in total. The summed E-state index contributed by atoms with van der Waals surface area (Å²) in [5.41, 5.74) is 3.12. The van der Waals surface area contributed by atoms with Gasteiger partial charge in [0.25, 0.3) is 0 Å². The highest BCUT2D eigenvalue weighted by Crippen LogP contribution is 2.22. The minimum Gasteiger partial charge on any atom is -0.467 e. The van der Waals surface area contributed by atoms with Crippen molar-refractivity contribution < 1.29 is 15.8 Å². The summed E-state index contributed by atoms with van der Waals surface area (Å²) in [6.45, 7) is 4.57. The number of amides is 2. The number of hydrogen-bond acceptors (Lipinski definition) is 5. The normalized spacial score (nSPS) is 12.2. The SMILES string of the molecule is COC(=O)[C@H](CCc1cn(C)c2ccccc12)NC(=O)N(C)Cc1csc(C(C)C)n1.[HH]. The van der Waals surface area contributed by atoms with Gasteiger partial charge in [-0.3, -0.25) is 0 Å². The first-order chi connectivity index (χ1) is 14.8. The van der Waals surface area contributed by atoms with Crippen LogP contribution in [0.3, 0.4) is 0 Å². The Kier molecular flexibility index (Phi) is 7.33. The number of para-hydroxylation sites is 1. The zero-order chi connectivity index (χ0) is 22.5. The van der Waals surface area contributed by atoms with Crippen molar-refractivity contribution in [2.24, 2.45) is 7.05 Å². The maximum atomic E-state index is 12.7. The van der Waals surface area contributed by atoms with Crippen molar-refractivity contribution in [1.29, 1.82) is 0 Å². The Morgan fingerprint density at radius 3 is 2.74 bits per heavy atom. The number of thiazole rings is 1. The molecule has 0 spiro atoms. The van der Waals surface area contributed by atoms with Crippen LogP contribution in [0.25, 0.3) is 10.9 Å². The number of esters is 1. The van der Waals surface area contributed by atoms with Crippen molar-refractivity contribution in [2.45, 2.75) is 45.2 Å². The number of nitrogens with one attached hydrogen (secondary N) is 1. The quantitative estimate of drug-likeness (QED) is 0.525. The lowest BCUT2D eigenvalue weighted by Gasteiger charge is -2.21. The van der Waals surface area contributed by atoms with E-state index in [4.69, 9.17) is 4.74 Å². The molecule has 31 heavy (non-hydrogen) atoms. The van der Waals surface area contributed by atoms with E-state index in [0.717, 1.165) is 27.2 Å². The van der Waals surface area contributed by atoms with Crippen molar-refractivity contribution in [1.82, 2.24) is 19.8 Å². The smallest absolute Gasteiger partial charge is 0.328 e. The average Bonchev–Trinajstić information content (AvgIpc) is 3.35. The Balaban J connectivity index is 0.00000363. The van der Waals surface area contributed by atoms with E-state index in [1.54, 1.807) is 18.4 Å². The first kappa shape index (κ1) is 22.8. The predicted molar refractivity (Wildman–Crippen MR) is 125 cm³/mol. The first-order valence-corrected chi connectivity index (χ1v) is 11.2. The Bertz CT molecular complexity index is 1060. The number of nitrogens with zero attached hydrogens (tertiary/aromatic N) is 3. The van der Waals surface area contributed by atoms with Crippen LogP contribution in [0.1, 0.15) is 43.9 Å². The minimum atomic E-state index is -0.722. The molecule has 2 aromatic heterocycles. The number of benzene rings is 1. The number of methoxy groups -OCH3 is 1. The van der Waals surface area contributed by atoms with Crippen LogP contribution in [-0.2, 0) is 29.5 Å². The monoisotopic (exact) mass is 444 g/mol. The number of aryl methyl sites for hydroxylation is 2. The van der Waals surface area contributed by atoms with Gasteiger partial charge in [-0.05, 0) is 24.5 Å². The molecule has 0 unspecified atom stereocenters. The lowest BCUT2D eigenvalue weighted by molar-refractivity contribution is -0.143. The summed E-state index contributed by atoms with van der Waals surface area (Å²) in [4.78, 5) is 31.2. The summed E-state index contributed by atoms with van der Waals surface area (Å²) in [5, 5.41) is 7.00. The molecule has 2 heterocycles. The van der Waals surface area contributed by atoms with Crippen LogP contribution in [0.2, 0.25) is 0 Å². The maximum absolute atomic E-state index is 12.7. The predicted octanol–water partition coefficient (Wildman–Crippen LogP) is 4.32. The lowest BCUT2D eigenvalue weighted by Crippen LogP contribution is -2.47. The zero-order valence-electron chi connectivity index (χ0n) is 18.7. The van der Waals surface area contributed by atoms with E-state index >= 15 is 0 Å². The molecule has 0 radical (unpaired) electrons. The van der Waals surface area contributed by atoms with Gasteiger partial charge in [-0.1, -0.05) is 32.0 Å². The van der Waals surface area contributed by atoms with E-state index in [2.05, 4.69) is 47.0 Å². The van der Waals surface area contributed by atoms with Gasteiger partial charge in [0.2, 0.25) is 0 Å². The molecule has 0 bridgehead atoms. The summed E-state index contributed by atoms with van der Waals surface area (Å²) in [6, 6.07) is 7.10. The molecule has 3 aromatic rings. The summed E-state index contributed by atoms with van der Waals surface area (Å²) >= 11 is 1.60. The molecule has 8 heteroatoms. The third-order valence-corrected chi connectivity index (χ3v) is 6.47. The highest BCUT2D eigenvalue weighted by atomic mass is 32.1. The van der Waals surface area contributed by atoms with Crippen LogP contribution < -0.4 is 5.32 Å². The van der Waals surface area contributed by atoms with E-state index in [0.29, 0.717) is 25.3 Å². The summed E-state index contributed by atoms with van der Waals surface area (Å²) in [7, 11) is 5.04. The highest BCUT2D eigenvalue weighted by Gasteiger charge is 2.24. The molecule has 0 saturated carbocycles. The van der Waals surface area contributed by atoms with E-state index in [1.165, 1.54) is 12.0 Å². The second-order valence-corrected chi connectivity index (χ2v) is 8.92. The van der Waals surface area contributed by atoms with E-state index in [9.17, 15) is 9.59 Å². The molecule has 0 aliphatic heterocycles. The molecule has 168 valence electrons. The first-order valence-electron chi connectivity index (χ1n) is 10.4. The number of hydrogen-bond donors (Lipinski definition) is 1. The van der Waals surface area contributed by atoms with Crippen LogP contribution in [0.15, 0.2) is 35.8 Å². The van der Waals surface area contributed by atoms with Crippen LogP contribution in [0, 0.1) is 0 Å². The van der Waals surface area contributed by atoms with Gasteiger partial charge in [-0.2, -0.15) is 0 Å². The molecule has 1 atom stereocenters. The van der Waals surface area contributed by atoms with Gasteiger partial charge >= 0.3 is 12.0 Å². The number of ether oxygens (including phenoxy) is 1. The molecule has 0 aliphatic rings. The second kappa shape index (κ2) is 9.96. The Morgan fingerprint density at radius 2 is 2.06 bits per heavy atom. The third kappa shape index (κ3) is 5.44. The Labute approximate surface area is 188 Å². The number of fused-ring (bicyclic) bond motifs is 1. The molecular formula is C23H32N4O3S. The lowest BCUT2D eigenvalue weighted by atomic mass is 10.0. The molecule has 3 rings (SSSR count). The topological polar surface area (TPSA) is 76.5 Å². The molecule has 0 aliphatic carbocycles. The van der Waals surface area contributed by atoms with Crippen molar-refractivity contribution in [3.8, 4) is 0 Å². The summed E-state index contributed by atoms with van der Waals surface area (Å²) < 4.78 is 7.01. The third-order valence-electron chi connectivity index (χ3n) is 5.27. The number of carbonyl (C=O) groups excluding carboxylic acids is 2. The molecular weight excluding hydrogens is 412 g/mol. The maximum Gasteiger partial charge on any atom is 0.328 e. The Morgan fingerprint density at radius 1 is 1.32 bits per heavy atom. The van der Waals surface area contributed by atoms with Crippen molar-refractivity contribution >= 4 is 34.2 Å². The van der Waals surface area contributed by atoms with Crippen LogP contribution >= 0.6 is 11.3 Å². The van der Waals surface area contributed by atoms with Crippen molar-refractivity contribution in [2.75, 3.05) is 14.2 Å². The van der Waals surface area contributed by atoms with Crippen LogP contribution in [0.4, 0.5) is 4.79 Å². The van der Waals surface area contributed by atoms with Gasteiger partial charge in [-0.25, -0.2) is 14.6 Å².